The van der Waals surface area contributed by atoms with E-state index in [4.69, 9.17) is 4.84 Å². The summed E-state index contributed by atoms with van der Waals surface area (Å²) in [6.07, 6.45) is 3.12. The fourth-order valence-electron chi connectivity index (χ4n) is 2.59. The number of hydrogen-bond acceptors (Lipinski definition) is 4. The molecule has 1 aliphatic heterocycles. The monoisotopic (exact) mass is 358 g/mol. The molecule has 1 aliphatic rings. The molecule has 2 aromatic carbocycles. The van der Waals surface area contributed by atoms with Crippen molar-refractivity contribution in [3.8, 4) is 0 Å². The largest absolute Gasteiger partial charge is 0.390 e. The number of carbonyl (C=O) groups is 1. The van der Waals surface area contributed by atoms with Crippen LogP contribution in [0.1, 0.15) is 22.3 Å². The van der Waals surface area contributed by atoms with Crippen molar-refractivity contribution in [1.82, 2.24) is 5.32 Å². The molecule has 4 nitrogen and oxygen atoms in total. The van der Waals surface area contributed by atoms with Crippen molar-refractivity contribution < 1.29 is 14.0 Å². The second kappa shape index (κ2) is 8.16. The molecule has 1 unspecified atom stereocenters. The highest BCUT2D eigenvalue weighted by Crippen LogP contribution is 2.16. The maximum Gasteiger partial charge on any atom is 0.251 e. The first-order valence-electron chi connectivity index (χ1n) is 8.02. The molecular formula is C19H19FN2O2S. The van der Waals surface area contributed by atoms with Crippen LogP contribution in [0.4, 0.5) is 4.39 Å². The lowest BCUT2D eigenvalue weighted by molar-refractivity contribution is 0.0753. The highest BCUT2D eigenvalue weighted by Gasteiger charge is 2.22. The number of rotatable bonds is 6. The molecule has 0 aromatic heterocycles. The number of benzene rings is 2. The van der Waals surface area contributed by atoms with Crippen molar-refractivity contribution >= 4 is 23.4 Å². The van der Waals surface area contributed by atoms with E-state index in [0.29, 0.717) is 24.9 Å². The summed E-state index contributed by atoms with van der Waals surface area (Å²) in [6.45, 7) is 0.402. The molecule has 25 heavy (non-hydrogen) atoms. The quantitative estimate of drug-likeness (QED) is 0.802. The fraction of sp³-hybridized carbons (Fsp3) is 0.263. The van der Waals surface area contributed by atoms with Gasteiger partial charge in [-0.15, -0.1) is 11.8 Å². The van der Waals surface area contributed by atoms with Crippen LogP contribution in [0.15, 0.2) is 58.6 Å². The zero-order chi connectivity index (χ0) is 17.6. The molecule has 1 amide bonds. The molecule has 0 bridgehead atoms. The van der Waals surface area contributed by atoms with Gasteiger partial charge in [0, 0.05) is 23.3 Å². The number of halogens is 1. The average Bonchev–Trinajstić information content (AvgIpc) is 3.09. The Balaban J connectivity index is 1.45. The molecule has 1 heterocycles. The summed E-state index contributed by atoms with van der Waals surface area (Å²) in [4.78, 5) is 18.7. The standard InChI is InChI=1S/C19H19FN2O2S/c1-25-18-8-4-14(5-9-18)19(23)21-12-17-11-16(22-24-17)10-13-2-6-15(20)7-3-13/h2-9,17H,10-12H2,1H3,(H,21,23). The van der Waals surface area contributed by atoms with Gasteiger partial charge >= 0.3 is 0 Å². The second-order valence-electron chi connectivity index (χ2n) is 5.83. The predicted octanol–water partition coefficient (Wildman–Crippen LogP) is 3.67. The van der Waals surface area contributed by atoms with Gasteiger partial charge in [0.05, 0.1) is 12.3 Å². The van der Waals surface area contributed by atoms with Gasteiger partial charge in [0.15, 0.2) is 0 Å². The maximum atomic E-state index is 12.9. The van der Waals surface area contributed by atoms with Crippen molar-refractivity contribution in [1.29, 1.82) is 0 Å². The second-order valence-corrected chi connectivity index (χ2v) is 6.71. The minimum atomic E-state index is -0.250. The molecule has 0 radical (unpaired) electrons. The number of thioether (sulfide) groups is 1. The Labute approximate surface area is 150 Å². The van der Waals surface area contributed by atoms with Gasteiger partial charge in [-0.1, -0.05) is 17.3 Å². The van der Waals surface area contributed by atoms with Gasteiger partial charge in [0.2, 0.25) is 0 Å². The van der Waals surface area contributed by atoms with Crippen molar-refractivity contribution in [3.05, 3.63) is 65.5 Å². The van der Waals surface area contributed by atoms with E-state index < -0.39 is 0 Å². The number of nitrogens with zero attached hydrogens (tertiary/aromatic N) is 1. The minimum Gasteiger partial charge on any atom is -0.390 e. The van der Waals surface area contributed by atoms with E-state index in [-0.39, 0.29) is 17.8 Å². The molecule has 0 aliphatic carbocycles. The number of hydrogen-bond donors (Lipinski definition) is 1. The van der Waals surface area contributed by atoms with Crippen LogP contribution in [0.3, 0.4) is 0 Å². The molecule has 0 saturated heterocycles. The van der Waals surface area contributed by atoms with Crippen LogP contribution in [-0.4, -0.2) is 30.5 Å². The number of oxime groups is 1. The average molecular weight is 358 g/mol. The molecule has 0 saturated carbocycles. The Morgan fingerprint density at radius 1 is 1.24 bits per heavy atom. The lowest BCUT2D eigenvalue weighted by Gasteiger charge is -2.10. The molecule has 1 N–H and O–H groups in total. The minimum absolute atomic E-state index is 0.122. The summed E-state index contributed by atoms with van der Waals surface area (Å²) >= 11 is 1.64. The van der Waals surface area contributed by atoms with E-state index in [2.05, 4.69) is 10.5 Å². The first-order valence-corrected chi connectivity index (χ1v) is 9.25. The van der Waals surface area contributed by atoms with Crippen molar-refractivity contribution in [2.75, 3.05) is 12.8 Å². The molecule has 1 atom stereocenters. The third-order valence-electron chi connectivity index (χ3n) is 3.96. The van der Waals surface area contributed by atoms with Crippen LogP contribution in [0.2, 0.25) is 0 Å². The van der Waals surface area contributed by atoms with Gasteiger partial charge in [-0.05, 0) is 48.2 Å². The third-order valence-corrected chi connectivity index (χ3v) is 4.70. The number of nitrogens with one attached hydrogen (secondary N) is 1. The summed E-state index contributed by atoms with van der Waals surface area (Å²) in [6, 6.07) is 13.8. The van der Waals surface area contributed by atoms with Crippen LogP contribution in [0, 0.1) is 5.82 Å². The van der Waals surface area contributed by atoms with E-state index in [1.165, 1.54) is 12.1 Å². The SMILES string of the molecule is CSc1ccc(C(=O)NCC2CC(Cc3ccc(F)cc3)=NO2)cc1. The Morgan fingerprint density at radius 2 is 1.96 bits per heavy atom. The van der Waals surface area contributed by atoms with E-state index >= 15 is 0 Å². The zero-order valence-corrected chi connectivity index (χ0v) is 14.7. The molecule has 0 spiro atoms. The van der Waals surface area contributed by atoms with Gasteiger partial charge < -0.3 is 10.2 Å². The van der Waals surface area contributed by atoms with Gasteiger partial charge in [-0.2, -0.15) is 0 Å². The highest BCUT2D eigenvalue weighted by molar-refractivity contribution is 7.98. The molecule has 2 aromatic rings. The van der Waals surface area contributed by atoms with Crippen LogP contribution < -0.4 is 5.32 Å². The molecule has 0 fully saturated rings. The predicted molar refractivity (Wildman–Crippen MR) is 97.6 cm³/mol. The van der Waals surface area contributed by atoms with Crippen LogP contribution >= 0.6 is 11.8 Å². The van der Waals surface area contributed by atoms with Gasteiger partial charge in [-0.3, -0.25) is 4.79 Å². The highest BCUT2D eigenvalue weighted by atomic mass is 32.2. The topological polar surface area (TPSA) is 50.7 Å². The van der Waals surface area contributed by atoms with Crippen molar-refractivity contribution in [2.45, 2.75) is 23.8 Å². The summed E-state index contributed by atoms with van der Waals surface area (Å²) < 4.78 is 12.9. The Morgan fingerprint density at radius 3 is 2.64 bits per heavy atom. The van der Waals surface area contributed by atoms with Crippen LogP contribution in [0.5, 0.6) is 0 Å². The Kier molecular flexibility index (Phi) is 5.71. The lowest BCUT2D eigenvalue weighted by atomic mass is 10.0. The maximum absolute atomic E-state index is 12.9. The Hall–Kier alpha value is -2.34. The fourth-order valence-corrected chi connectivity index (χ4v) is 3.00. The van der Waals surface area contributed by atoms with E-state index in [9.17, 15) is 9.18 Å². The first kappa shape index (κ1) is 17.5. The van der Waals surface area contributed by atoms with E-state index in [1.54, 1.807) is 23.9 Å². The first-order chi connectivity index (χ1) is 12.1. The Bertz CT molecular complexity index is 760. The zero-order valence-electron chi connectivity index (χ0n) is 13.9. The van der Waals surface area contributed by atoms with Crippen molar-refractivity contribution in [3.63, 3.8) is 0 Å². The summed E-state index contributed by atoms with van der Waals surface area (Å²) in [5, 5.41) is 6.95. The molecule has 130 valence electrons. The smallest absolute Gasteiger partial charge is 0.251 e. The summed E-state index contributed by atoms with van der Waals surface area (Å²) in [5.74, 6) is -0.372. The normalized spacial score (nSPS) is 16.2. The summed E-state index contributed by atoms with van der Waals surface area (Å²) in [7, 11) is 0. The van der Waals surface area contributed by atoms with Crippen molar-refractivity contribution in [2.24, 2.45) is 5.16 Å². The third kappa shape index (κ3) is 4.82. The van der Waals surface area contributed by atoms with E-state index in [0.717, 1.165) is 16.2 Å². The molecule has 6 heteroatoms. The summed E-state index contributed by atoms with van der Waals surface area (Å²) in [5.41, 5.74) is 2.51. The molecule has 3 rings (SSSR count). The van der Waals surface area contributed by atoms with Gasteiger partial charge in [0.25, 0.3) is 5.91 Å². The van der Waals surface area contributed by atoms with Gasteiger partial charge in [0.1, 0.15) is 11.9 Å². The number of amides is 1. The lowest BCUT2D eigenvalue weighted by Crippen LogP contribution is -2.32. The van der Waals surface area contributed by atoms with Crippen LogP contribution in [0.25, 0.3) is 0 Å². The van der Waals surface area contributed by atoms with Crippen LogP contribution in [-0.2, 0) is 11.3 Å². The van der Waals surface area contributed by atoms with Gasteiger partial charge in [-0.25, -0.2) is 4.39 Å². The van der Waals surface area contributed by atoms with E-state index in [1.807, 2.05) is 30.5 Å². The molecular weight excluding hydrogens is 339 g/mol. The number of carbonyl (C=O) groups excluding carboxylic acids is 1.